The highest BCUT2D eigenvalue weighted by atomic mass is 35.5. The predicted molar refractivity (Wildman–Crippen MR) is 65.8 cm³/mol. The molecular formula is C12H16ClNO3. The van der Waals surface area contributed by atoms with Gasteiger partial charge in [-0.05, 0) is 13.1 Å². The molecule has 1 saturated heterocycles. The van der Waals surface area contributed by atoms with Gasteiger partial charge in [0.15, 0.2) is 11.5 Å². The van der Waals surface area contributed by atoms with Crippen LogP contribution in [0.1, 0.15) is 5.56 Å². The molecule has 1 aromatic carbocycles. The molecule has 0 atom stereocenters. The number of rotatable bonds is 4. The molecule has 0 radical (unpaired) electrons. The first-order valence-corrected chi connectivity index (χ1v) is 5.84. The van der Waals surface area contributed by atoms with Crippen LogP contribution in [0.15, 0.2) is 12.1 Å². The van der Waals surface area contributed by atoms with Crippen molar-refractivity contribution in [2.24, 2.45) is 0 Å². The lowest BCUT2D eigenvalue weighted by molar-refractivity contribution is 0.0354. The number of aliphatic hydroxyl groups excluding tert-OH is 1. The molecule has 94 valence electrons. The van der Waals surface area contributed by atoms with Gasteiger partial charge in [0, 0.05) is 29.7 Å². The molecular weight excluding hydrogens is 242 g/mol. The fraction of sp³-hybridized carbons (Fsp3) is 0.500. The molecule has 1 aromatic rings. The van der Waals surface area contributed by atoms with Crippen molar-refractivity contribution >= 4 is 11.6 Å². The van der Waals surface area contributed by atoms with Crippen molar-refractivity contribution in [3.05, 3.63) is 22.7 Å². The minimum atomic E-state index is -0.116. The number of methoxy groups -OCH3 is 1. The SMILES string of the molecule is COc1cc(Cl)cc(CO)c1OC1CN(C)C1. The summed E-state index contributed by atoms with van der Waals surface area (Å²) in [5, 5.41) is 9.85. The lowest BCUT2D eigenvalue weighted by atomic mass is 10.1. The van der Waals surface area contributed by atoms with E-state index in [2.05, 4.69) is 4.90 Å². The number of hydrogen-bond acceptors (Lipinski definition) is 4. The van der Waals surface area contributed by atoms with E-state index in [4.69, 9.17) is 21.1 Å². The average Bonchev–Trinajstić information content (AvgIpc) is 2.28. The molecule has 0 saturated carbocycles. The maximum atomic E-state index is 9.31. The summed E-state index contributed by atoms with van der Waals surface area (Å²) in [4.78, 5) is 2.16. The Morgan fingerprint density at radius 1 is 1.47 bits per heavy atom. The number of nitrogens with zero attached hydrogens (tertiary/aromatic N) is 1. The maximum absolute atomic E-state index is 9.31. The van der Waals surface area contributed by atoms with Gasteiger partial charge in [0.2, 0.25) is 0 Å². The van der Waals surface area contributed by atoms with Crippen molar-refractivity contribution in [2.45, 2.75) is 12.7 Å². The Morgan fingerprint density at radius 2 is 2.18 bits per heavy atom. The van der Waals surface area contributed by atoms with Gasteiger partial charge in [-0.25, -0.2) is 0 Å². The minimum Gasteiger partial charge on any atom is -0.493 e. The van der Waals surface area contributed by atoms with Gasteiger partial charge in [-0.3, -0.25) is 4.90 Å². The van der Waals surface area contributed by atoms with E-state index in [9.17, 15) is 5.11 Å². The first kappa shape index (κ1) is 12.5. The third-order valence-corrected chi connectivity index (χ3v) is 3.02. The highest BCUT2D eigenvalue weighted by Gasteiger charge is 2.27. The summed E-state index contributed by atoms with van der Waals surface area (Å²) in [5.41, 5.74) is 0.656. The van der Waals surface area contributed by atoms with Crippen LogP contribution in [-0.4, -0.2) is 43.4 Å². The molecule has 0 aliphatic carbocycles. The average molecular weight is 258 g/mol. The first-order chi connectivity index (χ1) is 8.13. The summed E-state index contributed by atoms with van der Waals surface area (Å²) in [7, 11) is 3.60. The van der Waals surface area contributed by atoms with E-state index in [1.807, 2.05) is 7.05 Å². The Labute approximate surface area is 106 Å². The number of ether oxygens (including phenoxy) is 2. The molecule has 4 nitrogen and oxygen atoms in total. The zero-order chi connectivity index (χ0) is 12.4. The van der Waals surface area contributed by atoms with E-state index in [0.717, 1.165) is 13.1 Å². The van der Waals surface area contributed by atoms with Gasteiger partial charge >= 0.3 is 0 Å². The summed E-state index contributed by atoms with van der Waals surface area (Å²) in [5.74, 6) is 1.16. The quantitative estimate of drug-likeness (QED) is 0.888. The Kier molecular flexibility index (Phi) is 3.76. The number of benzene rings is 1. The zero-order valence-corrected chi connectivity index (χ0v) is 10.7. The molecule has 17 heavy (non-hydrogen) atoms. The minimum absolute atomic E-state index is 0.116. The summed E-state index contributed by atoms with van der Waals surface area (Å²) in [6.45, 7) is 1.65. The Hall–Kier alpha value is -0.970. The molecule has 1 fully saturated rings. The van der Waals surface area contributed by atoms with Crippen LogP contribution in [0, 0.1) is 0 Å². The molecule has 1 heterocycles. The lowest BCUT2D eigenvalue weighted by Gasteiger charge is -2.36. The monoisotopic (exact) mass is 257 g/mol. The molecule has 1 aliphatic heterocycles. The van der Waals surface area contributed by atoms with Crippen molar-refractivity contribution < 1.29 is 14.6 Å². The molecule has 5 heteroatoms. The van der Waals surface area contributed by atoms with Crippen LogP contribution in [0.4, 0.5) is 0 Å². The van der Waals surface area contributed by atoms with E-state index in [1.54, 1.807) is 19.2 Å². The van der Waals surface area contributed by atoms with Gasteiger partial charge in [-0.15, -0.1) is 0 Å². The third kappa shape index (κ3) is 2.65. The van der Waals surface area contributed by atoms with Crippen LogP contribution in [0.2, 0.25) is 5.02 Å². The second kappa shape index (κ2) is 5.12. The zero-order valence-electron chi connectivity index (χ0n) is 9.94. The summed E-state index contributed by atoms with van der Waals surface area (Å²) in [6, 6.07) is 3.39. The fourth-order valence-electron chi connectivity index (χ4n) is 1.91. The maximum Gasteiger partial charge on any atom is 0.167 e. The third-order valence-electron chi connectivity index (χ3n) is 2.80. The first-order valence-electron chi connectivity index (χ1n) is 5.46. The Bertz CT molecular complexity index is 380. The Morgan fingerprint density at radius 3 is 2.71 bits per heavy atom. The van der Waals surface area contributed by atoms with Crippen LogP contribution in [0.25, 0.3) is 0 Å². The molecule has 0 unspecified atom stereocenters. The van der Waals surface area contributed by atoms with Gasteiger partial charge in [0.05, 0.1) is 13.7 Å². The lowest BCUT2D eigenvalue weighted by Crippen LogP contribution is -2.51. The van der Waals surface area contributed by atoms with Crippen LogP contribution in [-0.2, 0) is 6.61 Å². The van der Waals surface area contributed by atoms with Gasteiger partial charge in [0.1, 0.15) is 6.10 Å². The van der Waals surface area contributed by atoms with Crippen molar-refractivity contribution in [2.75, 3.05) is 27.2 Å². The van der Waals surface area contributed by atoms with Gasteiger partial charge in [-0.2, -0.15) is 0 Å². The molecule has 0 spiro atoms. The number of hydrogen-bond donors (Lipinski definition) is 1. The van der Waals surface area contributed by atoms with E-state index in [1.165, 1.54) is 0 Å². The molecule has 1 N–H and O–H groups in total. The highest BCUT2D eigenvalue weighted by Crippen LogP contribution is 2.36. The number of halogens is 1. The van der Waals surface area contributed by atoms with Gasteiger partial charge < -0.3 is 14.6 Å². The molecule has 1 aliphatic rings. The second-order valence-electron chi connectivity index (χ2n) is 4.22. The fourth-order valence-corrected chi connectivity index (χ4v) is 2.14. The Balaban J connectivity index is 2.23. The van der Waals surface area contributed by atoms with Crippen molar-refractivity contribution in [3.8, 4) is 11.5 Å². The second-order valence-corrected chi connectivity index (χ2v) is 4.65. The number of likely N-dealkylation sites (N-methyl/N-ethyl adjacent to an activating group) is 1. The van der Waals surface area contributed by atoms with E-state index >= 15 is 0 Å². The van der Waals surface area contributed by atoms with Crippen molar-refractivity contribution in [1.29, 1.82) is 0 Å². The normalized spacial score (nSPS) is 16.7. The molecule has 0 amide bonds. The molecule has 2 rings (SSSR count). The van der Waals surface area contributed by atoms with E-state index in [0.29, 0.717) is 22.1 Å². The predicted octanol–water partition coefficient (Wildman–Crippen LogP) is 1.53. The van der Waals surface area contributed by atoms with Crippen LogP contribution in [0.5, 0.6) is 11.5 Å². The highest BCUT2D eigenvalue weighted by molar-refractivity contribution is 6.30. The molecule has 0 aromatic heterocycles. The summed E-state index contributed by atoms with van der Waals surface area (Å²) in [6.07, 6.45) is 0.153. The topological polar surface area (TPSA) is 41.9 Å². The summed E-state index contributed by atoms with van der Waals surface area (Å²) >= 11 is 5.93. The van der Waals surface area contributed by atoms with Crippen LogP contribution >= 0.6 is 11.6 Å². The standard InChI is InChI=1S/C12H16ClNO3/c1-14-5-10(6-14)17-12-8(7-15)3-9(13)4-11(12)16-2/h3-4,10,15H,5-7H2,1-2H3. The van der Waals surface area contributed by atoms with Crippen molar-refractivity contribution in [1.82, 2.24) is 4.90 Å². The van der Waals surface area contributed by atoms with Gasteiger partial charge in [-0.1, -0.05) is 11.6 Å². The van der Waals surface area contributed by atoms with Gasteiger partial charge in [0.25, 0.3) is 0 Å². The van der Waals surface area contributed by atoms with Crippen LogP contribution in [0.3, 0.4) is 0 Å². The van der Waals surface area contributed by atoms with E-state index < -0.39 is 0 Å². The van der Waals surface area contributed by atoms with Crippen molar-refractivity contribution in [3.63, 3.8) is 0 Å². The largest absolute Gasteiger partial charge is 0.493 e. The smallest absolute Gasteiger partial charge is 0.167 e. The van der Waals surface area contributed by atoms with E-state index in [-0.39, 0.29) is 12.7 Å². The molecule has 0 bridgehead atoms. The number of aliphatic hydroxyl groups is 1. The van der Waals surface area contributed by atoms with Crippen LogP contribution < -0.4 is 9.47 Å². The summed E-state index contributed by atoms with van der Waals surface area (Å²) < 4.78 is 11.1. The number of likely N-dealkylation sites (tertiary alicyclic amines) is 1.